The molecule has 1 unspecified atom stereocenters. The summed E-state index contributed by atoms with van der Waals surface area (Å²) in [4.78, 5) is 0. The molecule has 2 aromatic carbocycles. The molecule has 0 aliphatic rings. The summed E-state index contributed by atoms with van der Waals surface area (Å²) in [6.07, 6.45) is -0.723. The van der Waals surface area contributed by atoms with E-state index in [0.29, 0.717) is 27.6 Å². The van der Waals surface area contributed by atoms with E-state index in [1.807, 2.05) is 0 Å². The van der Waals surface area contributed by atoms with E-state index in [1.54, 1.807) is 37.3 Å². The molecule has 5 heteroatoms. The third kappa shape index (κ3) is 3.86. The highest BCUT2D eigenvalue weighted by Crippen LogP contribution is 2.29. The quantitative estimate of drug-likeness (QED) is 0.903. The Morgan fingerprint density at radius 3 is 2.62 bits per heavy atom. The molecule has 0 aliphatic heterocycles. The molecule has 0 spiro atoms. The third-order valence-electron chi connectivity index (χ3n) is 3.07. The second-order valence-corrected chi connectivity index (χ2v) is 5.04. The Hall–Kier alpha value is -1.78. The van der Waals surface area contributed by atoms with E-state index in [0.717, 1.165) is 0 Å². The number of rotatable bonds is 5. The SMILES string of the molecule is COc1ccc(COc2ccc(Cl)cc2C(C)O)c(F)c1. The van der Waals surface area contributed by atoms with Crippen molar-refractivity contribution in [3.05, 3.63) is 58.4 Å². The Morgan fingerprint density at radius 2 is 2.00 bits per heavy atom. The molecule has 1 atom stereocenters. The first-order chi connectivity index (χ1) is 10.0. The number of benzene rings is 2. The lowest BCUT2D eigenvalue weighted by atomic mass is 10.1. The summed E-state index contributed by atoms with van der Waals surface area (Å²) in [5.74, 6) is 0.527. The summed E-state index contributed by atoms with van der Waals surface area (Å²) < 4.78 is 24.4. The van der Waals surface area contributed by atoms with E-state index in [2.05, 4.69) is 0 Å². The summed E-state index contributed by atoms with van der Waals surface area (Å²) in [5.41, 5.74) is 0.971. The normalized spacial score (nSPS) is 12.0. The molecule has 112 valence electrons. The van der Waals surface area contributed by atoms with Crippen LogP contribution < -0.4 is 9.47 Å². The van der Waals surface area contributed by atoms with Gasteiger partial charge in [0.2, 0.25) is 0 Å². The zero-order valence-corrected chi connectivity index (χ0v) is 12.5. The zero-order chi connectivity index (χ0) is 15.4. The van der Waals surface area contributed by atoms with Crippen LogP contribution in [0.3, 0.4) is 0 Å². The van der Waals surface area contributed by atoms with E-state index < -0.39 is 11.9 Å². The van der Waals surface area contributed by atoms with Crippen LogP contribution >= 0.6 is 11.6 Å². The Balaban J connectivity index is 2.16. The van der Waals surface area contributed by atoms with Gasteiger partial charge in [-0.15, -0.1) is 0 Å². The molecular weight excluding hydrogens is 295 g/mol. The predicted molar refractivity (Wildman–Crippen MR) is 79.4 cm³/mol. The number of hydrogen-bond acceptors (Lipinski definition) is 3. The Kier molecular flexibility index (Phi) is 5.04. The van der Waals surface area contributed by atoms with Crippen LogP contribution in [0, 0.1) is 5.82 Å². The molecule has 0 radical (unpaired) electrons. The maximum absolute atomic E-state index is 13.8. The molecule has 0 amide bonds. The van der Waals surface area contributed by atoms with E-state index in [4.69, 9.17) is 21.1 Å². The van der Waals surface area contributed by atoms with Gasteiger partial charge in [-0.05, 0) is 37.3 Å². The molecule has 0 aliphatic carbocycles. The Bertz CT molecular complexity index is 629. The molecule has 0 bridgehead atoms. The van der Waals surface area contributed by atoms with Gasteiger partial charge < -0.3 is 14.6 Å². The van der Waals surface area contributed by atoms with Crippen LogP contribution in [-0.2, 0) is 6.61 Å². The van der Waals surface area contributed by atoms with E-state index >= 15 is 0 Å². The first-order valence-corrected chi connectivity index (χ1v) is 6.81. The molecule has 0 heterocycles. The van der Waals surface area contributed by atoms with Gasteiger partial charge >= 0.3 is 0 Å². The highest BCUT2D eigenvalue weighted by molar-refractivity contribution is 6.30. The van der Waals surface area contributed by atoms with Crippen molar-refractivity contribution in [3.8, 4) is 11.5 Å². The maximum atomic E-state index is 13.8. The van der Waals surface area contributed by atoms with E-state index in [-0.39, 0.29) is 6.61 Å². The topological polar surface area (TPSA) is 38.7 Å². The maximum Gasteiger partial charge on any atom is 0.133 e. The smallest absolute Gasteiger partial charge is 0.133 e. The summed E-state index contributed by atoms with van der Waals surface area (Å²) in [6.45, 7) is 1.67. The van der Waals surface area contributed by atoms with Crippen molar-refractivity contribution >= 4 is 11.6 Å². The van der Waals surface area contributed by atoms with Crippen molar-refractivity contribution in [1.82, 2.24) is 0 Å². The van der Waals surface area contributed by atoms with Crippen LogP contribution in [-0.4, -0.2) is 12.2 Å². The number of aliphatic hydroxyl groups excluding tert-OH is 1. The van der Waals surface area contributed by atoms with Gasteiger partial charge in [-0.25, -0.2) is 4.39 Å². The summed E-state index contributed by atoms with van der Waals surface area (Å²) in [6, 6.07) is 9.52. The average Bonchev–Trinajstić information content (AvgIpc) is 2.46. The van der Waals surface area contributed by atoms with E-state index in [1.165, 1.54) is 13.2 Å². The van der Waals surface area contributed by atoms with Gasteiger partial charge in [0.1, 0.15) is 23.9 Å². The van der Waals surface area contributed by atoms with Crippen molar-refractivity contribution in [2.75, 3.05) is 7.11 Å². The van der Waals surface area contributed by atoms with Crippen LogP contribution in [0.15, 0.2) is 36.4 Å². The van der Waals surface area contributed by atoms with Gasteiger partial charge in [0.15, 0.2) is 0 Å². The van der Waals surface area contributed by atoms with Crippen LogP contribution in [0.5, 0.6) is 11.5 Å². The Morgan fingerprint density at radius 1 is 1.24 bits per heavy atom. The lowest BCUT2D eigenvalue weighted by molar-refractivity contribution is 0.190. The molecule has 0 saturated carbocycles. The van der Waals surface area contributed by atoms with Crippen molar-refractivity contribution in [2.45, 2.75) is 19.6 Å². The second-order valence-electron chi connectivity index (χ2n) is 4.60. The van der Waals surface area contributed by atoms with Gasteiger partial charge in [-0.1, -0.05) is 11.6 Å². The van der Waals surface area contributed by atoms with Crippen LogP contribution in [0.2, 0.25) is 5.02 Å². The summed E-state index contributed by atoms with van der Waals surface area (Å²) in [7, 11) is 1.48. The fraction of sp³-hybridized carbons (Fsp3) is 0.250. The first kappa shape index (κ1) is 15.6. The summed E-state index contributed by atoms with van der Waals surface area (Å²) >= 11 is 5.90. The standard InChI is InChI=1S/C16H16ClFO3/c1-10(19)14-7-12(17)4-6-16(14)21-9-11-3-5-13(20-2)8-15(11)18/h3-8,10,19H,9H2,1-2H3. The molecule has 21 heavy (non-hydrogen) atoms. The minimum atomic E-state index is -0.723. The minimum Gasteiger partial charge on any atom is -0.497 e. The van der Waals surface area contributed by atoms with Crippen LogP contribution in [0.4, 0.5) is 4.39 Å². The molecule has 2 rings (SSSR count). The van der Waals surface area contributed by atoms with Crippen LogP contribution in [0.1, 0.15) is 24.2 Å². The number of methoxy groups -OCH3 is 1. The molecule has 1 N–H and O–H groups in total. The van der Waals surface area contributed by atoms with Gasteiger partial charge in [0.25, 0.3) is 0 Å². The van der Waals surface area contributed by atoms with Gasteiger partial charge in [-0.3, -0.25) is 0 Å². The van der Waals surface area contributed by atoms with E-state index in [9.17, 15) is 9.50 Å². The fourth-order valence-corrected chi connectivity index (χ4v) is 2.09. The van der Waals surface area contributed by atoms with Crippen molar-refractivity contribution in [2.24, 2.45) is 0 Å². The number of halogens is 2. The molecule has 3 nitrogen and oxygen atoms in total. The number of hydrogen-bond donors (Lipinski definition) is 1. The third-order valence-corrected chi connectivity index (χ3v) is 3.30. The minimum absolute atomic E-state index is 0.0528. The number of ether oxygens (including phenoxy) is 2. The summed E-state index contributed by atoms with van der Waals surface area (Å²) in [5, 5.41) is 10.2. The monoisotopic (exact) mass is 310 g/mol. The predicted octanol–water partition coefficient (Wildman–Crippen LogP) is 4.12. The molecule has 0 saturated heterocycles. The van der Waals surface area contributed by atoms with Crippen LogP contribution in [0.25, 0.3) is 0 Å². The fourth-order valence-electron chi connectivity index (χ4n) is 1.90. The average molecular weight is 311 g/mol. The zero-order valence-electron chi connectivity index (χ0n) is 11.8. The lowest BCUT2D eigenvalue weighted by Gasteiger charge is -2.14. The largest absolute Gasteiger partial charge is 0.497 e. The van der Waals surface area contributed by atoms with Gasteiger partial charge in [-0.2, -0.15) is 0 Å². The second kappa shape index (κ2) is 6.78. The molecule has 0 fully saturated rings. The highest BCUT2D eigenvalue weighted by Gasteiger charge is 2.11. The number of aliphatic hydroxyl groups is 1. The van der Waals surface area contributed by atoms with Crippen molar-refractivity contribution in [1.29, 1.82) is 0 Å². The lowest BCUT2D eigenvalue weighted by Crippen LogP contribution is -2.03. The van der Waals surface area contributed by atoms with Crippen molar-refractivity contribution in [3.63, 3.8) is 0 Å². The Labute approximate surface area is 127 Å². The highest BCUT2D eigenvalue weighted by atomic mass is 35.5. The van der Waals surface area contributed by atoms with Gasteiger partial charge in [0.05, 0.1) is 13.2 Å². The molecular formula is C16H16ClFO3. The van der Waals surface area contributed by atoms with Crippen molar-refractivity contribution < 1.29 is 19.0 Å². The molecule has 0 aromatic heterocycles. The first-order valence-electron chi connectivity index (χ1n) is 6.44. The van der Waals surface area contributed by atoms with Gasteiger partial charge in [0, 0.05) is 22.2 Å². The molecule has 2 aromatic rings.